The van der Waals surface area contributed by atoms with Gasteiger partial charge in [-0.1, -0.05) is 0 Å². The van der Waals surface area contributed by atoms with Crippen LogP contribution in [0, 0.1) is 5.82 Å². The molecule has 0 aliphatic carbocycles. The molecule has 1 aliphatic rings. The summed E-state index contributed by atoms with van der Waals surface area (Å²) in [7, 11) is 0. The van der Waals surface area contributed by atoms with E-state index in [1.165, 1.54) is 22.3 Å². The van der Waals surface area contributed by atoms with Crippen LogP contribution in [0.5, 0.6) is 0 Å². The van der Waals surface area contributed by atoms with Gasteiger partial charge in [-0.15, -0.1) is 0 Å². The zero-order valence-electron chi connectivity index (χ0n) is 11.3. The van der Waals surface area contributed by atoms with E-state index in [1.54, 1.807) is 12.1 Å². The van der Waals surface area contributed by atoms with Gasteiger partial charge in [-0.05, 0) is 53.6 Å². The molecule has 3 rings (SSSR count). The Hall–Kier alpha value is -1.92. The molecule has 2 aromatic rings. The van der Waals surface area contributed by atoms with Crippen molar-refractivity contribution in [3.05, 3.63) is 40.8 Å². The standard InChI is InChI=1S/C15H15FN2O2S/c16-14-7-11(1-2-13(14)10-4-6-21-9-10)18-8-12(3-5-17)20-15(18)19/h1-2,4,6-7,9,12H,3,5,8,17H2/t12-/m0/s1. The van der Waals surface area contributed by atoms with Crippen LogP contribution in [-0.4, -0.2) is 25.3 Å². The second-order valence-electron chi connectivity index (χ2n) is 4.87. The fourth-order valence-electron chi connectivity index (χ4n) is 2.39. The first-order valence-corrected chi connectivity index (χ1v) is 7.63. The Balaban J connectivity index is 1.84. The molecule has 21 heavy (non-hydrogen) atoms. The fourth-order valence-corrected chi connectivity index (χ4v) is 3.05. The number of halogens is 1. The van der Waals surface area contributed by atoms with Crippen molar-refractivity contribution in [3.8, 4) is 11.1 Å². The molecule has 0 unspecified atom stereocenters. The molecule has 0 bridgehead atoms. The Morgan fingerprint density at radius 2 is 2.29 bits per heavy atom. The monoisotopic (exact) mass is 306 g/mol. The van der Waals surface area contributed by atoms with Crippen LogP contribution >= 0.6 is 11.3 Å². The number of nitrogens with two attached hydrogens (primary N) is 1. The van der Waals surface area contributed by atoms with Crippen molar-refractivity contribution in [3.63, 3.8) is 0 Å². The third kappa shape index (κ3) is 2.77. The van der Waals surface area contributed by atoms with Crippen molar-refractivity contribution in [2.45, 2.75) is 12.5 Å². The Bertz CT molecular complexity index is 645. The summed E-state index contributed by atoms with van der Waals surface area (Å²) in [5, 5.41) is 3.79. The van der Waals surface area contributed by atoms with Crippen molar-refractivity contribution in [1.29, 1.82) is 0 Å². The molecule has 1 amide bonds. The van der Waals surface area contributed by atoms with Gasteiger partial charge < -0.3 is 10.5 Å². The number of carbonyl (C=O) groups excluding carboxylic acids is 1. The molecule has 6 heteroatoms. The van der Waals surface area contributed by atoms with Gasteiger partial charge in [-0.3, -0.25) is 4.90 Å². The number of cyclic esters (lactones) is 1. The maximum absolute atomic E-state index is 14.2. The summed E-state index contributed by atoms with van der Waals surface area (Å²) >= 11 is 1.52. The largest absolute Gasteiger partial charge is 0.444 e. The molecule has 0 saturated carbocycles. The van der Waals surface area contributed by atoms with E-state index >= 15 is 0 Å². The summed E-state index contributed by atoms with van der Waals surface area (Å²) in [4.78, 5) is 13.3. The minimum absolute atomic E-state index is 0.220. The lowest BCUT2D eigenvalue weighted by atomic mass is 10.1. The fraction of sp³-hybridized carbons (Fsp3) is 0.267. The molecule has 0 spiro atoms. The molecule has 110 valence electrons. The van der Waals surface area contributed by atoms with Crippen LogP contribution in [0.1, 0.15) is 6.42 Å². The molecule has 1 saturated heterocycles. The predicted octanol–water partition coefficient (Wildman–Crippen LogP) is 3.23. The van der Waals surface area contributed by atoms with Crippen molar-refractivity contribution >= 4 is 23.1 Å². The third-order valence-corrected chi connectivity index (χ3v) is 4.14. The molecular weight excluding hydrogens is 291 g/mol. The van der Waals surface area contributed by atoms with Gasteiger partial charge in [0.05, 0.1) is 12.2 Å². The minimum Gasteiger partial charge on any atom is -0.444 e. The van der Waals surface area contributed by atoms with E-state index in [9.17, 15) is 9.18 Å². The van der Waals surface area contributed by atoms with Crippen LogP contribution in [0.15, 0.2) is 35.0 Å². The molecule has 2 heterocycles. The van der Waals surface area contributed by atoms with Crippen molar-refractivity contribution < 1.29 is 13.9 Å². The molecule has 2 N–H and O–H groups in total. The summed E-state index contributed by atoms with van der Waals surface area (Å²) in [6.45, 7) is 0.866. The molecule has 1 aromatic heterocycles. The van der Waals surface area contributed by atoms with Crippen LogP contribution in [0.2, 0.25) is 0 Å². The predicted molar refractivity (Wildman–Crippen MR) is 81.0 cm³/mol. The topological polar surface area (TPSA) is 55.6 Å². The number of hydrogen-bond acceptors (Lipinski definition) is 4. The molecule has 1 aliphatic heterocycles. The molecule has 1 fully saturated rings. The van der Waals surface area contributed by atoms with E-state index in [-0.39, 0.29) is 11.9 Å². The highest BCUT2D eigenvalue weighted by Gasteiger charge is 2.32. The quantitative estimate of drug-likeness (QED) is 0.943. The smallest absolute Gasteiger partial charge is 0.414 e. The number of ether oxygens (including phenoxy) is 1. The molecule has 1 atom stereocenters. The average molecular weight is 306 g/mol. The van der Waals surface area contributed by atoms with E-state index < -0.39 is 6.09 Å². The Kier molecular flexibility index (Phi) is 3.90. The van der Waals surface area contributed by atoms with E-state index in [1.807, 2.05) is 16.8 Å². The van der Waals surface area contributed by atoms with Crippen LogP contribution in [0.3, 0.4) is 0 Å². The summed E-state index contributed by atoms with van der Waals surface area (Å²) in [5.74, 6) is -0.346. The van der Waals surface area contributed by atoms with Gasteiger partial charge in [0.2, 0.25) is 0 Å². The van der Waals surface area contributed by atoms with Crippen LogP contribution in [0.25, 0.3) is 11.1 Å². The number of thiophene rings is 1. The Labute approximate surface area is 125 Å². The lowest BCUT2D eigenvalue weighted by Crippen LogP contribution is -2.25. The summed E-state index contributed by atoms with van der Waals surface area (Å²) in [5.41, 5.74) is 7.35. The Morgan fingerprint density at radius 1 is 1.43 bits per heavy atom. The van der Waals surface area contributed by atoms with E-state index in [0.29, 0.717) is 30.8 Å². The van der Waals surface area contributed by atoms with Crippen molar-refractivity contribution in [2.75, 3.05) is 18.0 Å². The first-order valence-electron chi connectivity index (χ1n) is 6.69. The number of nitrogens with zero attached hydrogens (tertiary/aromatic N) is 1. The highest BCUT2D eigenvalue weighted by Crippen LogP contribution is 2.30. The number of hydrogen-bond donors (Lipinski definition) is 1. The van der Waals surface area contributed by atoms with E-state index in [2.05, 4.69) is 0 Å². The number of carbonyl (C=O) groups is 1. The molecular formula is C15H15FN2O2S. The lowest BCUT2D eigenvalue weighted by Gasteiger charge is -2.14. The van der Waals surface area contributed by atoms with Crippen LogP contribution < -0.4 is 10.6 Å². The third-order valence-electron chi connectivity index (χ3n) is 3.46. The zero-order valence-corrected chi connectivity index (χ0v) is 12.1. The SMILES string of the molecule is NCC[C@H]1CN(c2ccc(-c3ccsc3)c(F)c2)C(=O)O1. The first-order chi connectivity index (χ1) is 10.2. The molecule has 1 aromatic carbocycles. The maximum atomic E-state index is 14.2. The van der Waals surface area contributed by atoms with Gasteiger partial charge in [0, 0.05) is 5.56 Å². The van der Waals surface area contributed by atoms with E-state index in [4.69, 9.17) is 10.5 Å². The number of benzene rings is 1. The second-order valence-corrected chi connectivity index (χ2v) is 5.65. The van der Waals surface area contributed by atoms with E-state index in [0.717, 1.165) is 5.56 Å². The van der Waals surface area contributed by atoms with Crippen LogP contribution in [0.4, 0.5) is 14.9 Å². The Morgan fingerprint density at radius 3 is 2.95 bits per heavy atom. The zero-order chi connectivity index (χ0) is 14.8. The first kappa shape index (κ1) is 14.0. The second kappa shape index (κ2) is 5.83. The highest BCUT2D eigenvalue weighted by atomic mass is 32.1. The summed E-state index contributed by atoms with van der Waals surface area (Å²) < 4.78 is 19.4. The normalized spacial score (nSPS) is 18.1. The maximum Gasteiger partial charge on any atom is 0.414 e. The lowest BCUT2D eigenvalue weighted by molar-refractivity contribution is 0.138. The minimum atomic E-state index is -0.448. The number of amides is 1. The molecule has 4 nitrogen and oxygen atoms in total. The average Bonchev–Trinajstić information content (AvgIpc) is 3.09. The van der Waals surface area contributed by atoms with Crippen LogP contribution in [-0.2, 0) is 4.74 Å². The van der Waals surface area contributed by atoms with Gasteiger partial charge in [0.15, 0.2) is 0 Å². The summed E-state index contributed by atoms with van der Waals surface area (Å²) in [6, 6.07) is 6.67. The highest BCUT2D eigenvalue weighted by molar-refractivity contribution is 7.08. The van der Waals surface area contributed by atoms with Gasteiger partial charge in [0.1, 0.15) is 11.9 Å². The van der Waals surface area contributed by atoms with Crippen molar-refractivity contribution in [1.82, 2.24) is 0 Å². The number of anilines is 1. The van der Waals surface area contributed by atoms with Gasteiger partial charge in [-0.25, -0.2) is 9.18 Å². The van der Waals surface area contributed by atoms with Gasteiger partial charge >= 0.3 is 6.09 Å². The summed E-state index contributed by atoms with van der Waals surface area (Å²) in [6.07, 6.45) is -0.0595. The van der Waals surface area contributed by atoms with Gasteiger partial charge in [-0.2, -0.15) is 11.3 Å². The molecule has 0 radical (unpaired) electrons. The number of rotatable bonds is 4. The van der Waals surface area contributed by atoms with Gasteiger partial charge in [0.25, 0.3) is 0 Å². The van der Waals surface area contributed by atoms with Crippen molar-refractivity contribution in [2.24, 2.45) is 5.73 Å².